The molecule has 0 radical (unpaired) electrons. The molecule has 1 aromatic carbocycles. The molecule has 100 valence electrons. The van der Waals surface area contributed by atoms with Crippen molar-refractivity contribution >= 4 is 11.3 Å². The van der Waals surface area contributed by atoms with Crippen LogP contribution in [-0.4, -0.2) is 12.0 Å². The Kier molecular flexibility index (Phi) is 3.67. The molecular formula is C16H20N2S. The monoisotopic (exact) mass is 272 g/mol. The number of nitrogens with one attached hydrogen (secondary N) is 1. The van der Waals surface area contributed by atoms with E-state index < -0.39 is 0 Å². The van der Waals surface area contributed by atoms with Crippen LogP contribution in [0.25, 0.3) is 0 Å². The topological polar surface area (TPSA) is 24.9 Å². The van der Waals surface area contributed by atoms with Gasteiger partial charge in [0, 0.05) is 5.38 Å². The molecule has 0 saturated heterocycles. The Morgan fingerprint density at radius 1 is 1.26 bits per heavy atom. The van der Waals surface area contributed by atoms with Gasteiger partial charge in [0.1, 0.15) is 0 Å². The molecule has 19 heavy (non-hydrogen) atoms. The van der Waals surface area contributed by atoms with Crippen molar-refractivity contribution in [3.63, 3.8) is 0 Å². The molecule has 1 heterocycles. The standard InChI is InChI=1S/C16H20N2S/c1-11-18-15(10-19-11)16(17-2)14-8-6-13(7-9-14)12-4-3-5-12/h6-10,12,16-17H,3-5H2,1-2H3. The van der Waals surface area contributed by atoms with E-state index in [0.29, 0.717) is 0 Å². The largest absolute Gasteiger partial charge is 0.308 e. The molecule has 1 aliphatic carbocycles. The molecule has 1 saturated carbocycles. The third kappa shape index (κ3) is 2.58. The van der Waals surface area contributed by atoms with Crippen LogP contribution in [0.3, 0.4) is 0 Å². The maximum atomic E-state index is 4.60. The Bertz CT molecular complexity index is 540. The summed E-state index contributed by atoms with van der Waals surface area (Å²) in [6.45, 7) is 2.06. The molecule has 1 atom stereocenters. The molecule has 1 N–H and O–H groups in total. The van der Waals surface area contributed by atoms with E-state index >= 15 is 0 Å². The van der Waals surface area contributed by atoms with Crippen LogP contribution in [0.5, 0.6) is 0 Å². The number of nitrogens with zero attached hydrogens (tertiary/aromatic N) is 1. The van der Waals surface area contributed by atoms with Gasteiger partial charge in [-0.3, -0.25) is 0 Å². The summed E-state index contributed by atoms with van der Waals surface area (Å²) < 4.78 is 0. The highest BCUT2D eigenvalue weighted by atomic mass is 32.1. The van der Waals surface area contributed by atoms with Crippen molar-refractivity contribution in [2.24, 2.45) is 0 Å². The molecule has 3 heteroatoms. The molecule has 0 aliphatic heterocycles. The summed E-state index contributed by atoms with van der Waals surface area (Å²) in [5.41, 5.74) is 3.93. The molecule has 1 unspecified atom stereocenters. The third-order valence-corrected chi connectivity index (χ3v) is 4.86. The lowest BCUT2D eigenvalue weighted by molar-refractivity contribution is 0.419. The Hall–Kier alpha value is -1.19. The van der Waals surface area contributed by atoms with Crippen LogP contribution in [0.15, 0.2) is 29.6 Å². The van der Waals surface area contributed by atoms with E-state index in [0.717, 1.165) is 16.6 Å². The summed E-state index contributed by atoms with van der Waals surface area (Å²) in [5.74, 6) is 0.809. The number of hydrogen-bond donors (Lipinski definition) is 1. The third-order valence-electron chi connectivity index (χ3n) is 4.07. The lowest BCUT2D eigenvalue weighted by Crippen LogP contribution is -2.18. The number of benzene rings is 1. The predicted molar refractivity (Wildman–Crippen MR) is 80.8 cm³/mol. The molecule has 3 rings (SSSR count). The maximum Gasteiger partial charge on any atom is 0.0898 e. The Balaban J connectivity index is 1.83. The normalized spacial score (nSPS) is 17.2. The summed E-state index contributed by atoms with van der Waals surface area (Å²) in [6, 6.07) is 9.30. The van der Waals surface area contributed by atoms with E-state index in [-0.39, 0.29) is 6.04 Å². The van der Waals surface area contributed by atoms with Crippen LogP contribution in [0.1, 0.15) is 53.1 Å². The zero-order chi connectivity index (χ0) is 13.2. The highest BCUT2D eigenvalue weighted by Gasteiger charge is 2.20. The van der Waals surface area contributed by atoms with E-state index in [4.69, 9.17) is 0 Å². The molecule has 2 nitrogen and oxygen atoms in total. The van der Waals surface area contributed by atoms with E-state index in [1.807, 2.05) is 7.05 Å². The smallest absolute Gasteiger partial charge is 0.0898 e. The minimum absolute atomic E-state index is 0.209. The van der Waals surface area contributed by atoms with Crippen LogP contribution in [-0.2, 0) is 0 Å². The quantitative estimate of drug-likeness (QED) is 0.909. The first-order valence-corrected chi connectivity index (χ1v) is 7.85. The minimum atomic E-state index is 0.209. The fourth-order valence-electron chi connectivity index (χ4n) is 2.70. The minimum Gasteiger partial charge on any atom is -0.308 e. The van der Waals surface area contributed by atoms with Gasteiger partial charge in [-0.1, -0.05) is 30.7 Å². The van der Waals surface area contributed by atoms with Gasteiger partial charge in [0.15, 0.2) is 0 Å². The van der Waals surface area contributed by atoms with E-state index in [1.54, 1.807) is 11.3 Å². The maximum absolute atomic E-state index is 4.60. The van der Waals surface area contributed by atoms with Crippen molar-refractivity contribution in [2.45, 2.75) is 38.1 Å². The lowest BCUT2D eigenvalue weighted by Gasteiger charge is -2.26. The first-order valence-electron chi connectivity index (χ1n) is 6.97. The summed E-state index contributed by atoms with van der Waals surface area (Å²) in [6.07, 6.45) is 4.11. The van der Waals surface area contributed by atoms with E-state index in [9.17, 15) is 0 Å². The highest BCUT2D eigenvalue weighted by Crippen LogP contribution is 2.36. The summed E-state index contributed by atoms with van der Waals surface area (Å²) in [4.78, 5) is 4.60. The molecule has 1 fully saturated rings. The summed E-state index contributed by atoms with van der Waals surface area (Å²) in [7, 11) is 2.00. The highest BCUT2D eigenvalue weighted by molar-refractivity contribution is 7.09. The second kappa shape index (κ2) is 5.43. The molecule has 0 amide bonds. The molecule has 0 bridgehead atoms. The Labute approximate surface area is 118 Å². The number of thiazole rings is 1. The van der Waals surface area contributed by atoms with Crippen molar-refractivity contribution in [2.75, 3.05) is 7.05 Å². The first kappa shape index (κ1) is 12.8. The number of rotatable bonds is 4. The van der Waals surface area contributed by atoms with Gasteiger partial charge in [-0.15, -0.1) is 11.3 Å². The van der Waals surface area contributed by atoms with Crippen molar-refractivity contribution in [1.29, 1.82) is 0 Å². The van der Waals surface area contributed by atoms with E-state index in [2.05, 4.69) is 46.9 Å². The van der Waals surface area contributed by atoms with Gasteiger partial charge in [0.05, 0.1) is 16.7 Å². The van der Waals surface area contributed by atoms with Crippen molar-refractivity contribution in [3.05, 3.63) is 51.5 Å². The fourth-order valence-corrected chi connectivity index (χ4v) is 3.34. The van der Waals surface area contributed by atoms with Gasteiger partial charge >= 0.3 is 0 Å². The summed E-state index contributed by atoms with van der Waals surface area (Å²) in [5, 5.41) is 6.64. The molecular weight excluding hydrogens is 252 g/mol. The number of aromatic nitrogens is 1. The van der Waals surface area contributed by atoms with Crippen molar-refractivity contribution < 1.29 is 0 Å². The molecule has 2 aromatic rings. The average molecular weight is 272 g/mol. The Morgan fingerprint density at radius 3 is 2.47 bits per heavy atom. The van der Waals surface area contributed by atoms with Gasteiger partial charge in [0.25, 0.3) is 0 Å². The second-order valence-electron chi connectivity index (χ2n) is 5.31. The van der Waals surface area contributed by atoms with Gasteiger partial charge in [-0.25, -0.2) is 4.98 Å². The molecule has 1 aromatic heterocycles. The Morgan fingerprint density at radius 2 is 2.00 bits per heavy atom. The molecule has 1 aliphatic rings. The van der Waals surface area contributed by atoms with Crippen LogP contribution in [0, 0.1) is 6.92 Å². The van der Waals surface area contributed by atoms with Crippen molar-refractivity contribution in [3.8, 4) is 0 Å². The second-order valence-corrected chi connectivity index (χ2v) is 6.37. The zero-order valence-electron chi connectivity index (χ0n) is 11.5. The van der Waals surface area contributed by atoms with Crippen LogP contribution < -0.4 is 5.32 Å². The molecule has 0 spiro atoms. The fraction of sp³-hybridized carbons (Fsp3) is 0.438. The number of aryl methyl sites for hydroxylation is 1. The lowest BCUT2D eigenvalue weighted by atomic mass is 9.80. The van der Waals surface area contributed by atoms with Gasteiger partial charge in [-0.05, 0) is 43.9 Å². The first-order chi connectivity index (χ1) is 9.28. The SMILES string of the molecule is CNC(c1ccc(C2CCC2)cc1)c1csc(C)n1. The zero-order valence-corrected chi connectivity index (χ0v) is 12.3. The number of hydrogen-bond acceptors (Lipinski definition) is 3. The van der Waals surface area contributed by atoms with Crippen molar-refractivity contribution in [1.82, 2.24) is 10.3 Å². The average Bonchev–Trinajstić information content (AvgIpc) is 2.77. The van der Waals surface area contributed by atoms with Crippen LogP contribution in [0.2, 0.25) is 0 Å². The predicted octanol–water partition coefficient (Wildman–Crippen LogP) is 4.03. The van der Waals surface area contributed by atoms with Crippen LogP contribution >= 0.6 is 11.3 Å². The van der Waals surface area contributed by atoms with Gasteiger partial charge in [0.2, 0.25) is 0 Å². The van der Waals surface area contributed by atoms with Gasteiger partial charge < -0.3 is 5.32 Å². The van der Waals surface area contributed by atoms with Gasteiger partial charge in [-0.2, -0.15) is 0 Å². The summed E-state index contributed by atoms with van der Waals surface area (Å²) >= 11 is 1.71. The van der Waals surface area contributed by atoms with E-state index in [1.165, 1.54) is 30.4 Å². The van der Waals surface area contributed by atoms with Crippen LogP contribution in [0.4, 0.5) is 0 Å².